The summed E-state index contributed by atoms with van der Waals surface area (Å²) in [7, 11) is 0. The highest BCUT2D eigenvalue weighted by Crippen LogP contribution is 2.33. The SMILES string of the molecule is CCc1nc(C(NC(C)C)c2ccc(F)cc2Cl)sc1C. The predicted molar refractivity (Wildman–Crippen MR) is 87.8 cm³/mol. The molecule has 1 aromatic carbocycles. The van der Waals surface area contributed by atoms with Crippen molar-refractivity contribution in [3.63, 3.8) is 0 Å². The van der Waals surface area contributed by atoms with Gasteiger partial charge in [0.05, 0.1) is 11.7 Å². The van der Waals surface area contributed by atoms with Crippen molar-refractivity contribution in [3.05, 3.63) is 50.2 Å². The average Bonchev–Trinajstić information content (AvgIpc) is 2.77. The zero-order valence-electron chi connectivity index (χ0n) is 12.7. The number of nitrogens with one attached hydrogen (secondary N) is 1. The molecule has 2 aromatic rings. The molecule has 2 rings (SSSR count). The van der Waals surface area contributed by atoms with Gasteiger partial charge in [-0.25, -0.2) is 9.37 Å². The molecule has 0 aliphatic rings. The fourth-order valence-corrected chi connectivity index (χ4v) is 3.63. The van der Waals surface area contributed by atoms with E-state index in [9.17, 15) is 4.39 Å². The molecule has 0 saturated heterocycles. The van der Waals surface area contributed by atoms with Crippen molar-refractivity contribution in [1.29, 1.82) is 0 Å². The standard InChI is InChI=1S/C16H20ClFN2S/c1-5-14-10(4)21-16(20-14)15(19-9(2)3)12-7-6-11(18)8-13(12)17/h6-9,15,19H,5H2,1-4H3. The minimum absolute atomic E-state index is 0.109. The Kier molecular flexibility index (Phi) is 5.36. The molecular formula is C16H20ClFN2S. The fraction of sp³-hybridized carbons (Fsp3) is 0.438. The van der Waals surface area contributed by atoms with Crippen molar-refractivity contribution < 1.29 is 4.39 Å². The summed E-state index contributed by atoms with van der Waals surface area (Å²) in [6.45, 7) is 8.33. The molecule has 0 aliphatic heterocycles. The van der Waals surface area contributed by atoms with Crippen LogP contribution in [0, 0.1) is 12.7 Å². The van der Waals surface area contributed by atoms with Gasteiger partial charge >= 0.3 is 0 Å². The molecule has 1 N–H and O–H groups in total. The largest absolute Gasteiger partial charge is 0.302 e. The first-order valence-corrected chi connectivity index (χ1v) is 8.29. The van der Waals surface area contributed by atoms with Crippen LogP contribution in [0.4, 0.5) is 4.39 Å². The number of thiazole rings is 1. The number of aromatic nitrogens is 1. The van der Waals surface area contributed by atoms with Crippen molar-refractivity contribution in [2.45, 2.75) is 46.2 Å². The normalized spacial score (nSPS) is 12.9. The Morgan fingerprint density at radius 3 is 2.62 bits per heavy atom. The van der Waals surface area contributed by atoms with Gasteiger partial charge in [-0.15, -0.1) is 11.3 Å². The predicted octanol–water partition coefficient (Wildman–Crippen LogP) is 4.89. The summed E-state index contributed by atoms with van der Waals surface area (Å²) in [6, 6.07) is 4.69. The van der Waals surface area contributed by atoms with E-state index in [0.29, 0.717) is 5.02 Å². The third kappa shape index (κ3) is 3.82. The van der Waals surface area contributed by atoms with Crippen LogP contribution in [0.15, 0.2) is 18.2 Å². The van der Waals surface area contributed by atoms with Crippen LogP contribution in [0.5, 0.6) is 0 Å². The van der Waals surface area contributed by atoms with E-state index >= 15 is 0 Å². The van der Waals surface area contributed by atoms with Crippen LogP contribution in [0.1, 0.15) is 48.0 Å². The van der Waals surface area contributed by atoms with Crippen LogP contribution in [-0.2, 0) is 6.42 Å². The van der Waals surface area contributed by atoms with Crippen LogP contribution in [0.3, 0.4) is 0 Å². The number of rotatable bonds is 5. The quantitative estimate of drug-likeness (QED) is 0.845. The van der Waals surface area contributed by atoms with Gasteiger partial charge in [0, 0.05) is 15.9 Å². The van der Waals surface area contributed by atoms with E-state index in [1.165, 1.54) is 17.0 Å². The minimum atomic E-state index is -0.323. The van der Waals surface area contributed by atoms with E-state index in [1.807, 2.05) is 0 Å². The topological polar surface area (TPSA) is 24.9 Å². The van der Waals surface area contributed by atoms with Gasteiger partial charge in [0.2, 0.25) is 0 Å². The van der Waals surface area contributed by atoms with Gasteiger partial charge in [0.1, 0.15) is 10.8 Å². The first-order chi connectivity index (χ1) is 9.92. The Hall–Kier alpha value is -0.970. The third-order valence-electron chi connectivity index (χ3n) is 3.26. The second kappa shape index (κ2) is 6.86. The smallest absolute Gasteiger partial charge is 0.124 e. The third-order valence-corrected chi connectivity index (χ3v) is 4.67. The molecule has 0 radical (unpaired) electrons. The molecule has 1 aromatic heterocycles. The number of nitrogens with zero attached hydrogens (tertiary/aromatic N) is 1. The van der Waals surface area contributed by atoms with Gasteiger partial charge in [0.25, 0.3) is 0 Å². The maximum Gasteiger partial charge on any atom is 0.124 e. The Balaban J connectivity index is 2.46. The molecule has 0 saturated carbocycles. The van der Waals surface area contributed by atoms with E-state index in [4.69, 9.17) is 16.6 Å². The summed E-state index contributed by atoms with van der Waals surface area (Å²) < 4.78 is 13.3. The Labute approximate surface area is 134 Å². The highest BCUT2D eigenvalue weighted by atomic mass is 35.5. The van der Waals surface area contributed by atoms with Gasteiger partial charge in [-0.3, -0.25) is 0 Å². The van der Waals surface area contributed by atoms with Crippen molar-refractivity contribution >= 4 is 22.9 Å². The Morgan fingerprint density at radius 1 is 1.38 bits per heavy atom. The summed E-state index contributed by atoms with van der Waals surface area (Å²) >= 11 is 7.91. The van der Waals surface area contributed by atoms with Crippen molar-refractivity contribution in [3.8, 4) is 0 Å². The summed E-state index contributed by atoms with van der Waals surface area (Å²) in [4.78, 5) is 5.95. The summed E-state index contributed by atoms with van der Waals surface area (Å²) in [6.07, 6.45) is 0.911. The highest BCUT2D eigenvalue weighted by molar-refractivity contribution is 7.11. The zero-order chi connectivity index (χ0) is 15.6. The fourth-order valence-electron chi connectivity index (χ4n) is 2.26. The van der Waals surface area contributed by atoms with Crippen LogP contribution in [0.2, 0.25) is 5.02 Å². The van der Waals surface area contributed by atoms with Crippen molar-refractivity contribution in [2.24, 2.45) is 0 Å². The van der Waals surface area contributed by atoms with Crippen LogP contribution >= 0.6 is 22.9 Å². The van der Waals surface area contributed by atoms with Crippen molar-refractivity contribution in [1.82, 2.24) is 10.3 Å². The molecule has 21 heavy (non-hydrogen) atoms. The van der Waals surface area contributed by atoms with Crippen molar-refractivity contribution in [2.75, 3.05) is 0 Å². The first kappa shape index (κ1) is 16.4. The number of halogens is 2. The molecule has 0 spiro atoms. The zero-order valence-corrected chi connectivity index (χ0v) is 14.3. The van der Waals surface area contributed by atoms with Gasteiger partial charge in [-0.2, -0.15) is 0 Å². The van der Waals surface area contributed by atoms with E-state index in [0.717, 1.165) is 22.7 Å². The molecule has 2 nitrogen and oxygen atoms in total. The molecule has 1 unspecified atom stereocenters. The van der Waals surface area contributed by atoms with Gasteiger partial charge in [-0.05, 0) is 44.9 Å². The molecular weight excluding hydrogens is 307 g/mol. The number of hydrogen-bond acceptors (Lipinski definition) is 3. The minimum Gasteiger partial charge on any atom is -0.302 e. The van der Waals surface area contributed by atoms with E-state index in [-0.39, 0.29) is 17.9 Å². The van der Waals surface area contributed by atoms with Gasteiger partial charge in [0.15, 0.2) is 0 Å². The lowest BCUT2D eigenvalue weighted by molar-refractivity contribution is 0.525. The molecule has 1 heterocycles. The van der Waals surface area contributed by atoms with Gasteiger partial charge in [-0.1, -0.05) is 24.6 Å². The molecule has 0 aliphatic carbocycles. The molecule has 1 atom stereocenters. The van der Waals surface area contributed by atoms with Crippen LogP contribution in [0.25, 0.3) is 0 Å². The molecule has 114 valence electrons. The summed E-state index contributed by atoms with van der Waals surface area (Å²) in [5.74, 6) is -0.323. The van der Waals surface area contributed by atoms with E-state index in [1.54, 1.807) is 17.4 Å². The van der Waals surface area contributed by atoms with Crippen LogP contribution in [-0.4, -0.2) is 11.0 Å². The summed E-state index contributed by atoms with van der Waals surface area (Å²) in [5, 5.41) is 4.89. The van der Waals surface area contributed by atoms with Gasteiger partial charge < -0.3 is 5.32 Å². The molecule has 0 amide bonds. The maximum absolute atomic E-state index is 13.3. The summed E-state index contributed by atoms with van der Waals surface area (Å²) in [5.41, 5.74) is 1.98. The lowest BCUT2D eigenvalue weighted by atomic mass is 10.1. The number of aryl methyl sites for hydroxylation is 2. The van der Waals surface area contributed by atoms with E-state index < -0.39 is 0 Å². The molecule has 0 bridgehead atoms. The molecule has 5 heteroatoms. The van der Waals surface area contributed by atoms with Crippen LogP contribution < -0.4 is 5.32 Å². The number of benzene rings is 1. The first-order valence-electron chi connectivity index (χ1n) is 7.09. The second-order valence-electron chi connectivity index (χ2n) is 5.33. The monoisotopic (exact) mass is 326 g/mol. The Bertz CT molecular complexity index is 625. The Morgan fingerprint density at radius 2 is 2.10 bits per heavy atom. The maximum atomic E-state index is 13.3. The lowest BCUT2D eigenvalue weighted by Crippen LogP contribution is -2.29. The number of hydrogen-bond donors (Lipinski definition) is 1. The molecule has 0 fully saturated rings. The van der Waals surface area contributed by atoms with E-state index in [2.05, 4.69) is 33.0 Å². The highest BCUT2D eigenvalue weighted by Gasteiger charge is 2.22. The lowest BCUT2D eigenvalue weighted by Gasteiger charge is -2.21. The second-order valence-corrected chi connectivity index (χ2v) is 6.97. The average molecular weight is 327 g/mol.